The summed E-state index contributed by atoms with van der Waals surface area (Å²) < 4.78 is 5.08. The van der Waals surface area contributed by atoms with E-state index in [-0.39, 0.29) is 0 Å². The minimum absolute atomic E-state index is 0.984. The van der Waals surface area contributed by atoms with E-state index in [1.807, 2.05) is 63.6 Å². The Morgan fingerprint density at radius 1 is 0.536 bits per heavy atom. The Bertz CT molecular complexity index is 712. The molecule has 0 N–H and O–H groups in total. The van der Waals surface area contributed by atoms with Crippen molar-refractivity contribution in [1.29, 1.82) is 0 Å². The van der Waals surface area contributed by atoms with Crippen molar-refractivity contribution >= 4 is 34.0 Å². The first-order valence-electron chi connectivity index (χ1n) is 9.00. The van der Waals surface area contributed by atoms with Crippen molar-refractivity contribution in [2.45, 2.75) is 55.4 Å². The molecule has 0 spiro atoms. The molecule has 6 heteroatoms. The highest BCUT2D eigenvalue weighted by Gasteiger charge is 1.87. The molecule has 0 atom stereocenters. The van der Waals surface area contributed by atoms with Gasteiger partial charge in [-0.15, -0.1) is 34.0 Å². The fraction of sp³-hybridized carbons (Fsp3) is 0.364. The number of hydrogen-bond donors (Lipinski definition) is 0. The van der Waals surface area contributed by atoms with Crippen LogP contribution in [0.4, 0.5) is 0 Å². The van der Waals surface area contributed by atoms with Gasteiger partial charge in [-0.25, -0.2) is 9.97 Å². The van der Waals surface area contributed by atoms with Crippen molar-refractivity contribution in [3.8, 4) is 0 Å². The lowest BCUT2D eigenvalue weighted by molar-refractivity contribution is 0.504. The molecule has 4 heterocycles. The normalized spacial score (nSPS) is 9.43. The van der Waals surface area contributed by atoms with Crippen LogP contribution in [0.2, 0.25) is 0 Å². The third kappa shape index (κ3) is 11.2. The van der Waals surface area contributed by atoms with E-state index in [4.69, 9.17) is 4.42 Å². The molecule has 0 aliphatic rings. The van der Waals surface area contributed by atoms with E-state index in [1.165, 1.54) is 19.5 Å². The quantitative estimate of drug-likeness (QED) is 0.283. The summed E-state index contributed by atoms with van der Waals surface area (Å²) in [7, 11) is 0. The van der Waals surface area contributed by atoms with E-state index in [0.29, 0.717) is 0 Å². The zero-order chi connectivity index (χ0) is 21.1. The summed E-state index contributed by atoms with van der Waals surface area (Å²) >= 11 is 5.31. The summed E-state index contributed by atoms with van der Waals surface area (Å²) in [5.41, 5.74) is 0. The summed E-state index contributed by atoms with van der Waals surface area (Å²) in [6.07, 6.45) is 3.78. The van der Waals surface area contributed by atoms with Crippen LogP contribution in [0.5, 0.6) is 0 Å². The topological polar surface area (TPSA) is 38.9 Å². The fourth-order valence-corrected chi connectivity index (χ4v) is 4.18. The third-order valence-electron chi connectivity index (χ3n) is 3.22. The first-order valence-corrected chi connectivity index (χ1v) is 11.4. The Balaban J connectivity index is 0.000000187. The molecule has 4 rings (SSSR count). The van der Waals surface area contributed by atoms with Gasteiger partial charge in [-0.1, -0.05) is 0 Å². The van der Waals surface area contributed by atoms with E-state index < -0.39 is 0 Å². The van der Waals surface area contributed by atoms with Gasteiger partial charge in [0.15, 0.2) is 0 Å². The second-order valence-electron chi connectivity index (χ2n) is 6.29. The van der Waals surface area contributed by atoms with Gasteiger partial charge in [0.25, 0.3) is 0 Å². The smallest absolute Gasteiger partial charge is 0.101 e. The number of thiazole rings is 2. The van der Waals surface area contributed by atoms with Crippen LogP contribution >= 0.6 is 34.0 Å². The Kier molecular flexibility index (Phi) is 11.0. The maximum absolute atomic E-state index is 5.08. The Morgan fingerprint density at radius 2 is 0.929 bits per heavy atom. The second kappa shape index (κ2) is 12.6. The average Bonchev–Trinajstić information content (AvgIpc) is 3.37. The van der Waals surface area contributed by atoms with Crippen molar-refractivity contribution in [3.05, 3.63) is 77.7 Å². The summed E-state index contributed by atoms with van der Waals surface area (Å²) in [4.78, 5) is 13.4. The molecule has 0 amide bonds. The van der Waals surface area contributed by atoms with Crippen LogP contribution in [0.3, 0.4) is 0 Å². The van der Waals surface area contributed by atoms with Gasteiger partial charge in [0.2, 0.25) is 0 Å². The summed E-state index contributed by atoms with van der Waals surface area (Å²) in [6.45, 7) is 16.3. The molecule has 152 valence electrons. The molecule has 3 nitrogen and oxygen atoms in total. The van der Waals surface area contributed by atoms with E-state index in [9.17, 15) is 0 Å². The van der Waals surface area contributed by atoms with Gasteiger partial charge < -0.3 is 4.42 Å². The van der Waals surface area contributed by atoms with Gasteiger partial charge in [-0.2, -0.15) is 0 Å². The standard InChI is InChI=1S/C6H8O.C6H8S.2C5H7NS/c2*1-5-3-4-6(2)7-5;2*1-4-3-6-5(2)7-4/h2*3-4H,1-2H3;2*3H,1-2H3. The molecule has 0 saturated heterocycles. The Morgan fingerprint density at radius 3 is 1.04 bits per heavy atom. The number of nitrogens with zero attached hydrogens (tertiary/aromatic N) is 2. The molecule has 0 aliphatic heterocycles. The van der Waals surface area contributed by atoms with Crippen LogP contribution in [0.25, 0.3) is 0 Å². The average molecular weight is 435 g/mol. The highest BCUT2D eigenvalue weighted by Crippen LogP contribution is 2.12. The van der Waals surface area contributed by atoms with Crippen LogP contribution in [0.15, 0.2) is 41.1 Å². The highest BCUT2D eigenvalue weighted by molar-refractivity contribution is 7.12. The number of rotatable bonds is 0. The third-order valence-corrected chi connectivity index (χ3v) is 5.80. The molecule has 4 aromatic rings. The van der Waals surface area contributed by atoms with Gasteiger partial charge in [0.05, 0.1) is 10.0 Å². The maximum atomic E-state index is 5.08. The summed E-state index contributed by atoms with van der Waals surface area (Å²) in [5, 5.41) is 2.30. The SMILES string of the molecule is Cc1ccc(C)o1.Cc1ccc(C)s1.Cc1cnc(C)s1.Cc1cnc(C)s1. The first kappa shape index (κ1) is 24.3. The number of aromatic nitrogens is 2. The predicted octanol–water partition coefficient (Wildman–Crippen LogP) is 7.78. The Hall–Kier alpha value is -1.76. The molecule has 4 aromatic heterocycles. The Labute approximate surface area is 181 Å². The number of furan rings is 1. The summed E-state index contributed by atoms with van der Waals surface area (Å²) in [6, 6.07) is 8.19. The van der Waals surface area contributed by atoms with Gasteiger partial charge in [-0.05, 0) is 79.7 Å². The zero-order valence-corrected chi connectivity index (χ0v) is 20.4. The molecule has 0 unspecified atom stereocenters. The molecular weight excluding hydrogens is 404 g/mol. The van der Waals surface area contributed by atoms with Gasteiger partial charge >= 0.3 is 0 Å². The second-order valence-corrected chi connectivity index (χ2v) is 10.7. The van der Waals surface area contributed by atoms with Gasteiger partial charge in [0, 0.05) is 31.9 Å². The van der Waals surface area contributed by atoms with Crippen LogP contribution < -0.4 is 0 Å². The summed E-state index contributed by atoms with van der Waals surface area (Å²) in [5.74, 6) is 1.97. The van der Waals surface area contributed by atoms with E-state index in [2.05, 4.69) is 49.8 Å². The van der Waals surface area contributed by atoms with E-state index >= 15 is 0 Å². The number of hydrogen-bond acceptors (Lipinski definition) is 6. The molecule has 0 radical (unpaired) electrons. The van der Waals surface area contributed by atoms with Crippen molar-refractivity contribution < 1.29 is 4.42 Å². The maximum Gasteiger partial charge on any atom is 0.101 e. The minimum Gasteiger partial charge on any atom is -0.467 e. The molecule has 0 saturated carbocycles. The number of aryl methyl sites for hydroxylation is 8. The predicted molar refractivity (Wildman–Crippen MR) is 125 cm³/mol. The van der Waals surface area contributed by atoms with Crippen molar-refractivity contribution in [1.82, 2.24) is 9.97 Å². The monoisotopic (exact) mass is 434 g/mol. The molecule has 0 aromatic carbocycles. The van der Waals surface area contributed by atoms with Crippen LogP contribution in [-0.4, -0.2) is 9.97 Å². The first-order chi connectivity index (χ1) is 13.2. The number of thiophene rings is 1. The molecule has 28 heavy (non-hydrogen) atoms. The fourth-order valence-electron chi connectivity index (χ4n) is 2.05. The van der Waals surface area contributed by atoms with Crippen molar-refractivity contribution in [3.63, 3.8) is 0 Å². The highest BCUT2D eigenvalue weighted by atomic mass is 32.1. The van der Waals surface area contributed by atoms with Crippen LogP contribution in [0, 0.1) is 55.4 Å². The van der Waals surface area contributed by atoms with E-state index in [1.54, 1.807) is 22.7 Å². The van der Waals surface area contributed by atoms with Crippen LogP contribution in [0.1, 0.15) is 41.0 Å². The molecular formula is C22H30N2OS3. The molecule has 0 aliphatic carbocycles. The minimum atomic E-state index is 0.984. The van der Waals surface area contributed by atoms with Crippen LogP contribution in [-0.2, 0) is 0 Å². The van der Waals surface area contributed by atoms with Gasteiger partial charge in [0.1, 0.15) is 11.5 Å². The van der Waals surface area contributed by atoms with Crippen molar-refractivity contribution in [2.75, 3.05) is 0 Å². The molecule has 0 bridgehead atoms. The lowest BCUT2D eigenvalue weighted by Gasteiger charge is -1.76. The largest absolute Gasteiger partial charge is 0.467 e. The molecule has 0 fully saturated rings. The lowest BCUT2D eigenvalue weighted by Crippen LogP contribution is -1.57. The lowest BCUT2D eigenvalue weighted by atomic mass is 10.5. The van der Waals surface area contributed by atoms with Gasteiger partial charge in [-0.3, -0.25) is 0 Å². The zero-order valence-electron chi connectivity index (χ0n) is 18.0. The van der Waals surface area contributed by atoms with E-state index in [0.717, 1.165) is 21.5 Å². The van der Waals surface area contributed by atoms with Crippen molar-refractivity contribution in [2.24, 2.45) is 0 Å².